The van der Waals surface area contributed by atoms with Gasteiger partial charge in [0.05, 0.1) is 10.4 Å². The summed E-state index contributed by atoms with van der Waals surface area (Å²) in [5.74, 6) is -0.418. The lowest BCUT2D eigenvalue weighted by Gasteiger charge is -2.25. The molecule has 3 aromatic carbocycles. The highest BCUT2D eigenvalue weighted by Gasteiger charge is 2.28. The number of nitrogens with zero attached hydrogens (tertiary/aromatic N) is 3. The number of aromatic nitrogens is 2. The molecule has 1 heterocycles. The molecule has 3 amide bonds. The van der Waals surface area contributed by atoms with Crippen molar-refractivity contribution in [3.8, 4) is 0 Å². The Labute approximate surface area is 209 Å². The number of urea groups is 1. The van der Waals surface area contributed by atoms with Crippen LogP contribution in [0.2, 0.25) is 0 Å². The summed E-state index contributed by atoms with van der Waals surface area (Å²) in [6.45, 7) is 1.64. The van der Waals surface area contributed by atoms with Crippen LogP contribution in [-0.2, 0) is 21.2 Å². The average Bonchev–Trinajstić information content (AvgIpc) is 2.87. The first-order valence-corrected chi connectivity index (χ1v) is 12.6. The molecule has 0 radical (unpaired) electrons. The van der Waals surface area contributed by atoms with Crippen LogP contribution in [0, 0.1) is 6.92 Å². The van der Waals surface area contributed by atoms with Crippen LogP contribution in [0.25, 0.3) is 10.9 Å². The number of nitrogens with one attached hydrogen (secondary N) is 2. The molecule has 9 nitrogen and oxygen atoms in total. The van der Waals surface area contributed by atoms with Crippen LogP contribution in [0.5, 0.6) is 0 Å². The number of fused-ring (bicyclic) bond motifs is 1. The molecule has 0 fully saturated rings. The average molecular weight is 504 g/mol. The molecular weight excluding hydrogens is 478 g/mol. The Hall–Kier alpha value is -4.31. The number of hydrogen-bond acceptors (Lipinski definition) is 6. The molecule has 0 bridgehead atoms. The maximum absolute atomic E-state index is 13.5. The molecule has 0 aliphatic rings. The van der Waals surface area contributed by atoms with Gasteiger partial charge in [0.25, 0.3) is 10.0 Å². The molecule has 4 aromatic rings. The Kier molecular flexibility index (Phi) is 7.25. The lowest BCUT2D eigenvalue weighted by Crippen LogP contribution is -2.52. The smallest absolute Gasteiger partial charge is 0.325 e. The Morgan fingerprint density at radius 3 is 2.47 bits per heavy atom. The lowest BCUT2D eigenvalue weighted by molar-refractivity contribution is -0.120. The zero-order valence-corrected chi connectivity index (χ0v) is 20.6. The Bertz CT molecular complexity index is 1510. The van der Waals surface area contributed by atoms with Crippen molar-refractivity contribution < 1.29 is 18.0 Å². The van der Waals surface area contributed by atoms with Gasteiger partial charge in [0, 0.05) is 30.7 Å². The first kappa shape index (κ1) is 24.8. The van der Waals surface area contributed by atoms with Gasteiger partial charge in [-0.1, -0.05) is 48.5 Å². The summed E-state index contributed by atoms with van der Waals surface area (Å²) in [5.41, 5.74) is 2.61. The molecule has 2 N–H and O–H groups in total. The summed E-state index contributed by atoms with van der Waals surface area (Å²) in [7, 11) is -2.54. The van der Waals surface area contributed by atoms with Crippen LogP contribution in [-0.4, -0.2) is 43.4 Å². The van der Waals surface area contributed by atoms with Gasteiger partial charge in [0.2, 0.25) is 5.91 Å². The molecule has 0 aliphatic heterocycles. The van der Waals surface area contributed by atoms with Gasteiger partial charge in [-0.15, -0.1) is 0 Å². The van der Waals surface area contributed by atoms with Gasteiger partial charge in [-0.05, 0) is 42.3 Å². The molecule has 0 aliphatic carbocycles. The van der Waals surface area contributed by atoms with Crippen LogP contribution in [0.3, 0.4) is 0 Å². The van der Waals surface area contributed by atoms with Gasteiger partial charge in [-0.3, -0.25) is 4.79 Å². The molecule has 10 heteroatoms. The van der Waals surface area contributed by atoms with E-state index in [2.05, 4.69) is 15.3 Å². The van der Waals surface area contributed by atoms with Crippen molar-refractivity contribution in [2.24, 2.45) is 0 Å². The van der Waals surface area contributed by atoms with Crippen LogP contribution in [0.15, 0.2) is 90.2 Å². The number of anilines is 1. The fraction of sp³-hybridized carbons (Fsp3) is 0.154. The van der Waals surface area contributed by atoms with Crippen LogP contribution >= 0.6 is 0 Å². The van der Waals surface area contributed by atoms with E-state index in [9.17, 15) is 18.0 Å². The summed E-state index contributed by atoms with van der Waals surface area (Å²) < 4.78 is 27.6. The van der Waals surface area contributed by atoms with Gasteiger partial charge in [-0.25, -0.2) is 27.9 Å². The fourth-order valence-electron chi connectivity index (χ4n) is 3.81. The number of likely N-dealkylation sites (N-methyl/N-ethyl adjacent to an activating group) is 1. The highest BCUT2D eigenvalue weighted by atomic mass is 32.2. The molecule has 1 aromatic heterocycles. The van der Waals surface area contributed by atoms with E-state index in [0.29, 0.717) is 11.3 Å². The van der Waals surface area contributed by atoms with Crippen molar-refractivity contribution in [3.05, 3.63) is 96.4 Å². The SMILES string of the molecule is Cc1ccccc1S(=O)(=O)NC(=O)N[C@@H](Cc1ccccc1)C(=O)N(C)c1ccc2ncncc2c1. The summed E-state index contributed by atoms with van der Waals surface area (Å²) in [6, 6.07) is 18.8. The van der Waals surface area contributed by atoms with Crippen LogP contribution < -0.4 is 14.9 Å². The number of carbonyl (C=O) groups excluding carboxylic acids is 2. The van der Waals surface area contributed by atoms with E-state index in [1.807, 2.05) is 35.1 Å². The lowest BCUT2D eigenvalue weighted by atomic mass is 10.0. The molecule has 184 valence electrons. The predicted molar refractivity (Wildman–Crippen MR) is 137 cm³/mol. The molecular formula is C26H25N5O4S. The maximum atomic E-state index is 13.5. The van der Waals surface area contributed by atoms with E-state index in [-0.39, 0.29) is 11.3 Å². The van der Waals surface area contributed by atoms with Gasteiger partial charge >= 0.3 is 6.03 Å². The van der Waals surface area contributed by atoms with Crippen molar-refractivity contribution in [3.63, 3.8) is 0 Å². The van der Waals surface area contributed by atoms with E-state index in [1.165, 1.54) is 17.3 Å². The number of aryl methyl sites for hydroxylation is 1. The minimum Gasteiger partial charge on any atom is -0.325 e. The topological polar surface area (TPSA) is 121 Å². The molecule has 36 heavy (non-hydrogen) atoms. The third-order valence-corrected chi connectivity index (χ3v) is 7.19. The van der Waals surface area contributed by atoms with E-state index >= 15 is 0 Å². The molecule has 0 saturated heterocycles. The first-order chi connectivity index (χ1) is 17.2. The predicted octanol–water partition coefficient (Wildman–Crippen LogP) is 3.20. The second-order valence-electron chi connectivity index (χ2n) is 8.25. The third-order valence-electron chi connectivity index (χ3n) is 5.70. The Morgan fingerprint density at radius 1 is 1.00 bits per heavy atom. The molecule has 0 saturated carbocycles. The zero-order valence-electron chi connectivity index (χ0n) is 19.8. The van der Waals surface area contributed by atoms with Crippen molar-refractivity contribution in [2.75, 3.05) is 11.9 Å². The Morgan fingerprint density at radius 2 is 1.72 bits per heavy atom. The second-order valence-corrected chi connectivity index (χ2v) is 9.90. The van der Waals surface area contributed by atoms with E-state index in [4.69, 9.17) is 0 Å². The van der Waals surface area contributed by atoms with Crippen molar-refractivity contribution in [1.29, 1.82) is 0 Å². The van der Waals surface area contributed by atoms with E-state index in [1.54, 1.807) is 56.6 Å². The minimum absolute atomic E-state index is 0.0124. The van der Waals surface area contributed by atoms with Crippen LogP contribution in [0.4, 0.5) is 10.5 Å². The molecule has 4 rings (SSSR count). The number of amides is 3. The normalized spacial score (nSPS) is 12.1. The quantitative estimate of drug-likeness (QED) is 0.400. The fourth-order valence-corrected chi connectivity index (χ4v) is 4.98. The number of benzene rings is 3. The van der Waals surface area contributed by atoms with E-state index in [0.717, 1.165) is 16.5 Å². The van der Waals surface area contributed by atoms with Gasteiger partial charge in [-0.2, -0.15) is 0 Å². The van der Waals surface area contributed by atoms with Crippen molar-refractivity contribution >= 4 is 38.6 Å². The molecule has 0 unspecified atom stereocenters. The number of carbonyl (C=O) groups is 2. The highest BCUT2D eigenvalue weighted by Crippen LogP contribution is 2.21. The van der Waals surface area contributed by atoms with Crippen molar-refractivity contribution in [1.82, 2.24) is 20.0 Å². The summed E-state index contributed by atoms with van der Waals surface area (Å²) in [4.78, 5) is 35.9. The van der Waals surface area contributed by atoms with Gasteiger partial charge in [0.1, 0.15) is 12.4 Å². The van der Waals surface area contributed by atoms with Crippen molar-refractivity contribution in [2.45, 2.75) is 24.3 Å². The summed E-state index contributed by atoms with van der Waals surface area (Å²) in [6.07, 6.45) is 3.26. The number of rotatable bonds is 7. The first-order valence-electron chi connectivity index (χ1n) is 11.1. The summed E-state index contributed by atoms with van der Waals surface area (Å²) in [5, 5.41) is 3.31. The van der Waals surface area contributed by atoms with Gasteiger partial charge < -0.3 is 10.2 Å². The maximum Gasteiger partial charge on any atom is 0.329 e. The number of sulfonamides is 1. The largest absolute Gasteiger partial charge is 0.329 e. The minimum atomic E-state index is -4.13. The number of hydrogen-bond donors (Lipinski definition) is 2. The molecule has 0 spiro atoms. The van der Waals surface area contributed by atoms with E-state index < -0.39 is 28.0 Å². The van der Waals surface area contributed by atoms with Gasteiger partial charge in [0.15, 0.2) is 0 Å². The third kappa shape index (κ3) is 5.66. The monoisotopic (exact) mass is 503 g/mol. The molecule has 1 atom stereocenters. The highest BCUT2D eigenvalue weighted by molar-refractivity contribution is 7.90. The van der Waals surface area contributed by atoms with Crippen LogP contribution in [0.1, 0.15) is 11.1 Å². The summed E-state index contributed by atoms with van der Waals surface area (Å²) >= 11 is 0. The second kappa shape index (κ2) is 10.5. The standard InChI is InChI=1S/C26H25N5O4S/c1-18-8-6-7-11-24(18)36(34,35)30-26(33)29-23(14-19-9-4-3-5-10-19)25(32)31(2)21-12-13-22-20(15-21)16-27-17-28-22/h3-13,15-17,23H,14H2,1-2H3,(H2,29,30,33)/t23-/m0/s1. The zero-order chi connectivity index (χ0) is 25.7. The Balaban J connectivity index is 1.57.